The van der Waals surface area contributed by atoms with Gasteiger partial charge in [0.1, 0.15) is 5.01 Å². The minimum absolute atomic E-state index is 0.533. The molecule has 96 valence electrons. The van der Waals surface area contributed by atoms with Crippen LogP contribution in [0.2, 0.25) is 0 Å². The molecule has 1 saturated carbocycles. The first-order valence-electron chi connectivity index (χ1n) is 6.50. The molecule has 2 N–H and O–H groups in total. The van der Waals surface area contributed by atoms with Gasteiger partial charge in [0.25, 0.3) is 0 Å². The summed E-state index contributed by atoms with van der Waals surface area (Å²) in [6.45, 7) is 2.74. The molecule has 0 aromatic carbocycles. The highest BCUT2D eigenvalue weighted by Gasteiger charge is 2.29. The van der Waals surface area contributed by atoms with Gasteiger partial charge in [-0.25, -0.2) is 0 Å². The van der Waals surface area contributed by atoms with Crippen molar-refractivity contribution in [2.45, 2.75) is 57.5 Å². The van der Waals surface area contributed by atoms with Crippen LogP contribution >= 0.6 is 11.3 Å². The molecule has 0 atom stereocenters. The lowest BCUT2D eigenvalue weighted by Crippen LogP contribution is -2.38. The van der Waals surface area contributed by atoms with Gasteiger partial charge in [-0.05, 0) is 19.3 Å². The van der Waals surface area contributed by atoms with Crippen molar-refractivity contribution in [3.63, 3.8) is 0 Å². The van der Waals surface area contributed by atoms with Crippen LogP contribution in [0.4, 0.5) is 5.13 Å². The second kappa shape index (κ2) is 5.78. The fraction of sp³-hybridized carbons (Fsp3) is 0.833. The Morgan fingerprint density at radius 2 is 2.06 bits per heavy atom. The van der Waals surface area contributed by atoms with Crippen molar-refractivity contribution < 1.29 is 5.11 Å². The fourth-order valence-electron chi connectivity index (χ4n) is 2.27. The van der Waals surface area contributed by atoms with Crippen molar-refractivity contribution in [1.29, 1.82) is 0 Å². The van der Waals surface area contributed by atoms with Crippen LogP contribution in [0.15, 0.2) is 0 Å². The molecule has 0 saturated heterocycles. The monoisotopic (exact) mass is 255 g/mol. The maximum Gasteiger partial charge on any atom is 0.205 e. The summed E-state index contributed by atoms with van der Waals surface area (Å²) in [5, 5.41) is 23.7. The quantitative estimate of drug-likeness (QED) is 0.849. The van der Waals surface area contributed by atoms with Crippen molar-refractivity contribution in [3.05, 3.63) is 5.01 Å². The van der Waals surface area contributed by atoms with E-state index in [1.807, 2.05) is 0 Å². The molecule has 1 aromatic rings. The minimum Gasteiger partial charge on any atom is -0.388 e. The molecule has 1 heterocycles. The van der Waals surface area contributed by atoms with Crippen LogP contribution in [0.1, 0.15) is 50.5 Å². The number of nitrogens with zero attached hydrogens (tertiary/aromatic N) is 2. The average molecular weight is 255 g/mol. The Bertz CT molecular complexity index is 347. The van der Waals surface area contributed by atoms with Gasteiger partial charge in [-0.3, -0.25) is 0 Å². The van der Waals surface area contributed by atoms with E-state index in [9.17, 15) is 5.11 Å². The first-order valence-corrected chi connectivity index (χ1v) is 7.32. The Labute approximate surface area is 106 Å². The third kappa shape index (κ3) is 3.64. The zero-order valence-electron chi connectivity index (χ0n) is 10.4. The van der Waals surface area contributed by atoms with E-state index < -0.39 is 5.60 Å². The summed E-state index contributed by atoms with van der Waals surface area (Å²) in [5.74, 6) is 0. The van der Waals surface area contributed by atoms with Crippen LogP contribution in [-0.4, -0.2) is 27.4 Å². The maximum absolute atomic E-state index is 10.3. The van der Waals surface area contributed by atoms with Gasteiger partial charge >= 0.3 is 0 Å². The number of rotatable bonds is 5. The molecule has 1 aliphatic carbocycles. The number of nitrogens with one attached hydrogen (secondary N) is 1. The van der Waals surface area contributed by atoms with E-state index in [1.165, 1.54) is 6.42 Å². The zero-order valence-corrected chi connectivity index (χ0v) is 11.2. The lowest BCUT2D eigenvalue weighted by Gasteiger charge is -2.31. The average Bonchev–Trinajstić information content (AvgIpc) is 2.76. The van der Waals surface area contributed by atoms with Crippen molar-refractivity contribution in [1.82, 2.24) is 10.2 Å². The number of aryl methyl sites for hydroxylation is 1. The third-order valence-corrected chi connectivity index (χ3v) is 4.22. The number of hydrogen-bond acceptors (Lipinski definition) is 5. The second-order valence-corrected chi connectivity index (χ2v) is 5.95. The zero-order chi connectivity index (χ0) is 12.1. The molecule has 0 aliphatic heterocycles. The Morgan fingerprint density at radius 3 is 2.76 bits per heavy atom. The standard InChI is InChI=1S/C12H21N3OS/c1-2-6-10-14-15-11(17-10)13-9-12(16)7-4-3-5-8-12/h16H,2-9H2,1H3,(H,13,15). The highest BCUT2D eigenvalue weighted by atomic mass is 32.1. The fourth-order valence-corrected chi connectivity index (χ4v) is 3.10. The van der Waals surface area contributed by atoms with E-state index in [2.05, 4.69) is 22.4 Å². The molecule has 4 nitrogen and oxygen atoms in total. The first kappa shape index (κ1) is 12.8. The van der Waals surface area contributed by atoms with E-state index in [4.69, 9.17) is 0 Å². The summed E-state index contributed by atoms with van der Waals surface area (Å²) in [6.07, 6.45) is 7.41. The summed E-state index contributed by atoms with van der Waals surface area (Å²) in [7, 11) is 0. The Hall–Kier alpha value is -0.680. The van der Waals surface area contributed by atoms with E-state index >= 15 is 0 Å². The highest BCUT2D eigenvalue weighted by Crippen LogP contribution is 2.28. The molecule has 1 fully saturated rings. The molecule has 0 bridgehead atoms. The Kier molecular flexibility index (Phi) is 4.34. The molecule has 1 aromatic heterocycles. The normalized spacial score (nSPS) is 19.2. The van der Waals surface area contributed by atoms with Gasteiger partial charge in [-0.2, -0.15) is 0 Å². The van der Waals surface area contributed by atoms with Gasteiger partial charge in [0.2, 0.25) is 5.13 Å². The predicted molar refractivity (Wildman–Crippen MR) is 70.4 cm³/mol. The molecule has 0 unspecified atom stereocenters. The summed E-state index contributed by atoms with van der Waals surface area (Å²) in [4.78, 5) is 0. The van der Waals surface area contributed by atoms with Crippen molar-refractivity contribution >= 4 is 16.5 Å². The van der Waals surface area contributed by atoms with Gasteiger partial charge in [0, 0.05) is 13.0 Å². The van der Waals surface area contributed by atoms with E-state index in [0.717, 1.165) is 48.7 Å². The van der Waals surface area contributed by atoms with Crippen molar-refractivity contribution in [2.75, 3.05) is 11.9 Å². The van der Waals surface area contributed by atoms with Crippen molar-refractivity contribution in [3.8, 4) is 0 Å². The first-order chi connectivity index (χ1) is 8.22. The van der Waals surface area contributed by atoms with E-state index in [1.54, 1.807) is 11.3 Å². The van der Waals surface area contributed by atoms with Gasteiger partial charge in [0.15, 0.2) is 0 Å². The summed E-state index contributed by atoms with van der Waals surface area (Å²) < 4.78 is 0. The van der Waals surface area contributed by atoms with Crippen LogP contribution in [0.5, 0.6) is 0 Å². The number of anilines is 1. The smallest absolute Gasteiger partial charge is 0.205 e. The summed E-state index contributed by atoms with van der Waals surface area (Å²) in [5.41, 5.74) is -0.533. The van der Waals surface area contributed by atoms with E-state index in [0.29, 0.717) is 6.54 Å². The molecule has 2 rings (SSSR count). The van der Waals surface area contributed by atoms with Gasteiger partial charge in [-0.15, -0.1) is 10.2 Å². The van der Waals surface area contributed by atoms with Crippen LogP contribution in [0.25, 0.3) is 0 Å². The molecule has 0 amide bonds. The van der Waals surface area contributed by atoms with Gasteiger partial charge in [0.05, 0.1) is 5.60 Å². The number of hydrogen-bond donors (Lipinski definition) is 2. The minimum atomic E-state index is -0.533. The molecular formula is C12H21N3OS. The van der Waals surface area contributed by atoms with Gasteiger partial charge < -0.3 is 10.4 Å². The third-order valence-electron chi connectivity index (χ3n) is 3.28. The molecular weight excluding hydrogens is 234 g/mol. The van der Waals surface area contributed by atoms with Crippen LogP contribution in [-0.2, 0) is 6.42 Å². The lowest BCUT2D eigenvalue weighted by molar-refractivity contribution is 0.0167. The SMILES string of the molecule is CCCc1nnc(NCC2(O)CCCCC2)s1. The topological polar surface area (TPSA) is 58.0 Å². The molecule has 0 spiro atoms. The maximum atomic E-state index is 10.3. The largest absolute Gasteiger partial charge is 0.388 e. The van der Waals surface area contributed by atoms with E-state index in [-0.39, 0.29) is 0 Å². The predicted octanol–water partition coefficient (Wildman–Crippen LogP) is 2.60. The van der Waals surface area contributed by atoms with Gasteiger partial charge in [-0.1, -0.05) is 37.5 Å². The molecule has 5 heteroatoms. The molecule has 0 radical (unpaired) electrons. The molecule has 17 heavy (non-hydrogen) atoms. The Morgan fingerprint density at radius 1 is 1.29 bits per heavy atom. The summed E-state index contributed by atoms with van der Waals surface area (Å²) in [6, 6.07) is 0. The van der Waals surface area contributed by atoms with Crippen LogP contribution < -0.4 is 5.32 Å². The van der Waals surface area contributed by atoms with Crippen LogP contribution in [0.3, 0.4) is 0 Å². The Balaban J connectivity index is 1.83. The molecule has 1 aliphatic rings. The number of aromatic nitrogens is 2. The second-order valence-electron chi connectivity index (χ2n) is 4.89. The van der Waals surface area contributed by atoms with Crippen LogP contribution in [0, 0.1) is 0 Å². The van der Waals surface area contributed by atoms with Crippen molar-refractivity contribution in [2.24, 2.45) is 0 Å². The number of aliphatic hydroxyl groups is 1. The lowest BCUT2D eigenvalue weighted by atomic mass is 9.85. The summed E-state index contributed by atoms with van der Waals surface area (Å²) >= 11 is 1.60. The highest BCUT2D eigenvalue weighted by molar-refractivity contribution is 7.15.